The fourth-order valence-electron chi connectivity index (χ4n) is 5.02. The molecule has 5 nitrogen and oxygen atoms in total. The van der Waals surface area contributed by atoms with Gasteiger partial charge in [-0.25, -0.2) is 4.98 Å². The second-order valence-corrected chi connectivity index (χ2v) is 9.55. The fourth-order valence-corrected chi connectivity index (χ4v) is 5.02. The first kappa shape index (κ1) is 26.1. The Balaban J connectivity index is 1.40. The summed E-state index contributed by atoms with van der Waals surface area (Å²) >= 11 is 0. The molecule has 1 aromatic heterocycles. The molecule has 0 atom stereocenters. The van der Waals surface area contributed by atoms with Gasteiger partial charge in [0.1, 0.15) is 11.4 Å². The van der Waals surface area contributed by atoms with E-state index in [4.69, 9.17) is 0 Å². The molecule has 1 aliphatic carbocycles. The standard InChI is InChI=1S/C25H28F6N4O/c1-34-11-3-4-15-12-16(5-10-20(15)34)23(36)32-17-6-8-18(9-7-17)35(2)19-13-21(24(26,27)28)33-22(14-19)25(29,30)31/h5,10,12-14,17-18H,3-4,6-9,11H2,1-2H3,(H,32,36)/t17-,18+. The number of fused-ring (bicyclic) bond motifs is 1. The first-order valence-electron chi connectivity index (χ1n) is 11.9. The van der Waals surface area contributed by atoms with Crippen molar-refractivity contribution in [3.05, 3.63) is 52.8 Å². The quantitative estimate of drug-likeness (QED) is 0.534. The minimum atomic E-state index is -5.00. The number of pyridine rings is 1. The molecule has 2 aromatic rings. The number of anilines is 2. The smallest absolute Gasteiger partial charge is 0.374 e. The van der Waals surface area contributed by atoms with Gasteiger partial charge >= 0.3 is 12.4 Å². The molecule has 4 rings (SSSR count). The van der Waals surface area contributed by atoms with Crippen molar-refractivity contribution in [1.82, 2.24) is 10.3 Å². The molecule has 0 unspecified atom stereocenters. The van der Waals surface area contributed by atoms with Crippen LogP contribution in [0.15, 0.2) is 30.3 Å². The van der Waals surface area contributed by atoms with Gasteiger partial charge in [0.15, 0.2) is 0 Å². The number of amides is 1. The van der Waals surface area contributed by atoms with E-state index < -0.39 is 23.7 Å². The van der Waals surface area contributed by atoms with Gasteiger partial charge in [-0.05, 0) is 74.4 Å². The summed E-state index contributed by atoms with van der Waals surface area (Å²) < 4.78 is 79.1. The summed E-state index contributed by atoms with van der Waals surface area (Å²) in [5.41, 5.74) is -0.487. The lowest BCUT2D eigenvalue weighted by Crippen LogP contribution is -2.43. The topological polar surface area (TPSA) is 48.5 Å². The van der Waals surface area contributed by atoms with Gasteiger partial charge in [0.2, 0.25) is 0 Å². The number of hydrogen-bond donors (Lipinski definition) is 1. The van der Waals surface area contributed by atoms with E-state index in [0.29, 0.717) is 43.4 Å². The molecule has 2 aliphatic rings. The highest BCUT2D eigenvalue weighted by atomic mass is 19.4. The molecule has 196 valence electrons. The molecule has 0 saturated heterocycles. The number of benzene rings is 1. The van der Waals surface area contributed by atoms with Gasteiger partial charge in [-0.3, -0.25) is 4.79 Å². The van der Waals surface area contributed by atoms with Gasteiger partial charge in [0.25, 0.3) is 5.91 Å². The van der Waals surface area contributed by atoms with Crippen LogP contribution >= 0.6 is 0 Å². The summed E-state index contributed by atoms with van der Waals surface area (Å²) in [5.74, 6) is -0.179. The summed E-state index contributed by atoms with van der Waals surface area (Å²) in [4.78, 5) is 19.2. The van der Waals surface area contributed by atoms with Crippen LogP contribution in [0.2, 0.25) is 0 Å². The van der Waals surface area contributed by atoms with Crippen LogP contribution in [-0.2, 0) is 18.8 Å². The zero-order valence-corrected chi connectivity index (χ0v) is 20.0. The van der Waals surface area contributed by atoms with Crippen LogP contribution in [-0.4, -0.2) is 43.6 Å². The molecular weight excluding hydrogens is 486 g/mol. The van der Waals surface area contributed by atoms with Crippen molar-refractivity contribution in [3.8, 4) is 0 Å². The average Bonchev–Trinajstić information content (AvgIpc) is 2.82. The Kier molecular flexibility index (Phi) is 7.12. The third-order valence-electron chi connectivity index (χ3n) is 7.07. The third-order valence-corrected chi connectivity index (χ3v) is 7.07. The van der Waals surface area contributed by atoms with Crippen LogP contribution in [0, 0.1) is 0 Å². The minimum absolute atomic E-state index is 0.116. The molecule has 1 amide bonds. The van der Waals surface area contributed by atoms with E-state index in [1.165, 1.54) is 11.9 Å². The summed E-state index contributed by atoms with van der Waals surface area (Å²) in [6.07, 6.45) is -5.88. The molecular formula is C25H28F6N4O. The molecule has 0 bridgehead atoms. The average molecular weight is 515 g/mol. The fraction of sp³-hybridized carbons (Fsp3) is 0.520. The van der Waals surface area contributed by atoms with E-state index in [1.54, 1.807) is 6.07 Å². The van der Waals surface area contributed by atoms with Crippen LogP contribution < -0.4 is 15.1 Å². The van der Waals surface area contributed by atoms with Crippen LogP contribution in [0.3, 0.4) is 0 Å². The van der Waals surface area contributed by atoms with E-state index in [-0.39, 0.29) is 23.7 Å². The normalized spacial score (nSPS) is 20.6. The van der Waals surface area contributed by atoms with Gasteiger partial charge in [0, 0.05) is 49.7 Å². The van der Waals surface area contributed by atoms with Gasteiger partial charge in [-0.15, -0.1) is 0 Å². The van der Waals surface area contributed by atoms with E-state index >= 15 is 0 Å². The maximum atomic E-state index is 13.2. The predicted molar refractivity (Wildman–Crippen MR) is 124 cm³/mol. The van der Waals surface area contributed by atoms with Crippen LogP contribution in [0.1, 0.15) is 59.4 Å². The van der Waals surface area contributed by atoms with E-state index in [9.17, 15) is 31.1 Å². The van der Waals surface area contributed by atoms with E-state index in [0.717, 1.165) is 30.6 Å². The molecule has 0 radical (unpaired) electrons. The van der Waals surface area contributed by atoms with Crippen molar-refractivity contribution in [3.63, 3.8) is 0 Å². The Hall–Kier alpha value is -2.98. The van der Waals surface area contributed by atoms with Crippen molar-refractivity contribution in [2.75, 3.05) is 30.4 Å². The summed E-state index contributed by atoms with van der Waals surface area (Å²) in [7, 11) is 3.51. The number of rotatable bonds is 4. The summed E-state index contributed by atoms with van der Waals surface area (Å²) in [6.45, 7) is 0.977. The number of aromatic nitrogens is 1. The molecule has 1 aliphatic heterocycles. The molecule has 1 saturated carbocycles. The lowest BCUT2D eigenvalue weighted by molar-refractivity contribution is -0.150. The van der Waals surface area contributed by atoms with Crippen molar-refractivity contribution < 1.29 is 31.1 Å². The summed E-state index contributed by atoms with van der Waals surface area (Å²) in [5, 5.41) is 3.03. The van der Waals surface area contributed by atoms with E-state index in [1.807, 2.05) is 19.2 Å². The van der Waals surface area contributed by atoms with Crippen LogP contribution in [0.25, 0.3) is 0 Å². The number of alkyl halides is 6. The van der Waals surface area contributed by atoms with Crippen molar-refractivity contribution in [2.45, 2.75) is 63.0 Å². The maximum absolute atomic E-state index is 13.2. The molecule has 0 spiro atoms. The number of nitrogens with one attached hydrogen (secondary N) is 1. The predicted octanol–water partition coefficient (Wildman–Crippen LogP) is 5.68. The van der Waals surface area contributed by atoms with Crippen LogP contribution in [0.5, 0.6) is 0 Å². The van der Waals surface area contributed by atoms with Gasteiger partial charge in [0.05, 0.1) is 0 Å². The zero-order valence-electron chi connectivity index (χ0n) is 20.0. The van der Waals surface area contributed by atoms with Gasteiger partial charge in [-0.1, -0.05) is 0 Å². The molecule has 11 heteroatoms. The number of aryl methyl sites for hydroxylation is 1. The number of hydrogen-bond acceptors (Lipinski definition) is 4. The molecule has 2 heterocycles. The highest BCUT2D eigenvalue weighted by Gasteiger charge is 2.39. The first-order valence-corrected chi connectivity index (χ1v) is 11.9. The summed E-state index contributed by atoms with van der Waals surface area (Å²) in [6, 6.07) is 6.59. The molecule has 1 fully saturated rings. The zero-order chi connectivity index (χ0) is 26.3. The van der Waals surface area contributed by atoms with E-state index in [2.05, 4.69) is 15.2 Å². The number of halogens is 6. The third kappa shape index (κ3) is 5.70. The number of nitrogens with zero attached hydrogens (tertiary/aromatic N) is 3. The second kappa shape index (κ2) is 9.82. The highest BCUT2D eigenvalue weighted by molar-refractivity contribution is 5.95. The Bertz CT molecular complexity index is 1080. The van der Waals surface area contributed by atoms with Crippen molar-refractivity contribution in [1.29, 1.82) is 0 Å². The lowest BCUT2D eigenvalue weighted by atomic mass is 9.89. The Morgan fingerprint density at radius 2 is 1.61 bits per heavy atom. The molecule has 1 N–H and O–H groups in total. The van der Waals surface area contributed by atoms with Gasteiger partial charge < -0.3 is 15.1 Å². The number of carbonyl (C=O) groups excluding carboxylic acids is 1. The number of carbonyl (C=O) groups is 1. The van der Waals surface area contributed by atoms with Crippen molar-refractivity contribution >= 4 is 17.3 Å². The highest BCUT2D eigenvalue weighted by Crippen LogP contribution is 2.37. The van der Waals surface area contributed by atoms with Crippen LogP contribution in [0.4, 0.5) is 37.7 Å². The Morgan fingerprint density at radius 3 is 2.19 bits per heavy atom. The molecule has 36 heavy (non-hydrogen) atoms. The molecule has 1 aromatic carbocycles. The maximum Gasteiger partial charge on any atom is 0.433 e. The Morgan fingerprint density at radius 1 is 1.00 bits per heavy atom. The largest absolute Gasteiger partial charge is 0.433 e. The first-order chi connectivity index (χ1) is 16.8. The van der Waals surface area contributed by atoms with Gasteiger partial charge in [-0.2, -0.15) is 26.3 Å². The minimum Gasteiger partial charge on any atom is -0.374 e. The lowest BCUT2D eigenvalue weighted by Gasteiger charge is -2.36. The SMILES string of the molecule is CN1CCCc2cc(C(=O)N[C@H]3CC[C@@H](N(C)c4cc(C(F)(F)F)nc(C(F)(F)F)c4)CC3)ccc21. The van der Waals surface area contributed by atoms with Crippen molar-refractivity contribution in [2.24, 2.45) is 0 Å². The monoisotopic (exact) mass is 514 g/mol. The Labute approximate surface area is 205 Å². The second-order valence-electron chi connectivity index (χ2n) is 9.55.